The van der Waals surface area contributed by atoms with Crippen LogP contribution in [0.3, 0.4) is 0 Å². The second kappa shape index (κ2) is 4.97. The molecular weight excluding hydrogens is 272 g/mol. The quantitative estimate of drug-likeness (QED) is 0.806. The molecule has 1 aromatic heterocycles. The smallest absolute Gasteiger partial charge is 0.234 e. The summed E-state index contributed by atoms with van der Waals surface area (Å²) < 4.78 is 2.74. The van der Waals surface area contributed by atoms with E-state index in [4.69, 9.17) is 5.73 Å². The van der Waals surface area contributed by atoms with Crippen molar-refractivity contribution in [2.45, 2.75) is 37.9 Å². The predicted octanol–water partition coefficient (Wildman–Crippen LogP) is 0.642. The molecule has 0 spiro atoms. The van der Waals surface area contributed by atoms with Crippen molar-refractivity contribution >= 4 is 21.8 Å². The van der Waals surface area contributed by atoms with E-state index in [0.29, 0.717) is 19.0 Å². The monoisotopic (exact) mass is 286 g/mol. The highest BCUT2D eigenvalue weighted by molar-refractivity contribution is 9.10. The van der Waals surface area contributed by atoms with Crippen molar-refractivity contribution in [3.63, 3.8) is 0 Å². The summed E-state index contributed by atoms with van der Waals surface area (Å²) in [6, 6.07) is 0.248. The second-order valence-corrected chi connectivity index (χ2v) is 5.02. The summed E-state index contributed by atoms with van der Waals surface area (Å²) >= 11 is 3.33. The Kier molecular flexibility index (Phi) is 3.60. The Morgan fingerprint density at radius 1 is 1.75 bits per heavy atom. The van der Waals surface area contributed by atoms with Crippen LogP contribution in [-0.2, 0) is 11.3 Å². The van der Waals surface area contributed by atoms with Crippen LogP contribution in [0.15, 0.2) is 16.9 Å². The Balaban J connectivity index is 1.83. The van der Waals surface area contributed by atoms with Gasteiger partial charge in [0.1, 0.15) is 0 Å². The summed E-state index contributed by atoms with van der Waals surface area (Å²) in [5.74, 6) is -0.280. The zero-order chi connectivity index (χ0) is 11.5. The van der Waals surface area contributed by atoms with Crippen molar-refractivity contribution in [2.75, 3.05) is 0 Å². The standard InChI is InChI=1S/C10H15BrN4O/c11-7-5-13-15(6-7)4-3-9(10(12)16)14-8-1-2-8/h5-6,8-9,14H,1-4H2,(H2,12,16). The number of primary amides is 1. The average Bonchev–Trinajstić information content (AvgIpc) is 2.95. The van der Waals surface area contributed by atoms with Crippen LogP contribution < -0.4 is 11.1 Å². The number of hydrogen-bond donors (Lipinski definition) is 2. The minimum absolute atomic E-state index is 0.240. The van der Waals surface area contributed by atoms with E-state index in [2.05, 4.69) is 26.3 Å². The summed E-state index contributed by atoms with van der Waals surface area (Å²) in [7, 11) is 0. The number of carbonyl (C=O) groups excluding carboxylic acids is 1. The van der Waals surface area contributed by atoms with E-state index < -0.39 is 0 Å². The van der Waals surface area contributed by atoms with Gasteiger partial charge >= 0.3 is 0 Å². The first-order valence-corrected chi connectivity index (χ1v) is 6.18. The molecule has 1 aliphatic carbocycles. The third-order valence-corrected chi connectivity index (χ3v) is 3.02. The highest BCUT2D eigenvalue weighted by Crippen LogP contribution is 2.20. The third kappa shape index (κ3) is 3.31. The molecule has 0 radical (unpaired) electrons. The number of aromatic nitrogens is 2. The van der Waals surface area contributed by atoms with Gasteiger partial charge in [0, 0.05) is 18.8 Å². The first-order valence-electron chi connectivity index (χ1n) is 5.38. The summed E-state index contributed by atoms with van der Waals surface area (Å²) in [5.41, 5.74) is 5.34. The van der Waals surface area contributed by atoms with E-state index in [9.17, 15) is 4.79 Å². The van der Waals surface area contributed by atoms with Crippen molar-refractivity contribution in [2.24, 2.45) is 5.73 Å². The molecule has 1 amide bonds. The van der Waals surface area contributed by atoms with Crippen molar-refractivity contribution in [3.8, 4) is 0 Å². The van der Waals surface area contributed by atoms with Crippen molar-refractivity contribution in [1.82, 2.24) is 15.1 Å². The van der Waals surface area contributed by atoms with Crippen molar-refractivity contribution < 1.29 is 4.79 Å². The molecule has 1 atom stereocenters. The summed E-state index contributed by atoms with van der Waals surface area (Å²) in [5, 5.41) is 7.37. The van der Waals surface area contributed by atoms with Crippen molar-refractivity contribution in [3.05, 3.63) is 16.9 Å². The third-order valence-electron chi connectivity index (χ3n) is 2.61. The molecule has 1 fully saturated rings. The zero-order valence-corrected chi connectivity index (χ0v) is 10.5. The molecule has 0 bridgehead atoms. The maximum absolute atomic E-state index is 11.2. The van der Waals surface area contributed by atoms with Crippen LogP contribution in [-0.4, -0.2) is 27.8 Å². The maximum Gasteiger partial charge on any atom is 0.234 e. The van der Waals surface area contributed by atoms with Crippen LogP contribution >= 0.6 is 15.9 Å². The van der Waals surface area contributed by atoms with Crippen molar-refractivity contribution in [1.29, 1.82) is 0 Å². The Labute approximate surface area is 103 Å². The van der Waals surface area contributed by atoms with E-state index in [-0.39, 0.29) is 11.9 Å². The molecule has 5 nitrogen and oxygen atoms in total. The van der Waals surface area contributed by atoms with Crippen LogP contribution in [0.25, 0.3) is 0 Å². The van der Waals surface area contributed by atoms with Crippen LogP contribution in [0.2, 0.25) is 0 Å². The van der Waals surface area contributed by atoms with Gasteiger partial charge in [0.15, 0.2) is 0 Å². The number of hydrogen-bond acceptors (Lipinski definition) is 3. The normalized spacial score (nSPS) is 17.3. The molecular formula is C10H15BrN4O. The maximum atomic E-state index is 11.2. The molecule has 3 N–H and O–H groups in total. The lowest BCUT2D eigenvalue weighted by atomic mass is 10.2. The topological polar surface area (TPSA) is 72.9 Å². The van der Waals surface area contributed by atoms with Gasteiger partial charge in [0.25, 0.3) is 0 Å². The van der Waals surface area contributed by atoms with Gasteiger partial charge in [-0.3, -0.25) is 9.48 Å². The van der Waals surface area contributed by atoms with E-state index in [1.54, 1.807) is 10.9 Å². The fourth-order valence-corrected chi connectivity index (χ4v) is 1.89. The van der Waals surface area contributed by atoms with Gasteiger partial charge in [-0.25, -0.2) is 0 Å². The highest BCUT2D eigenvalue weighted by Gasteiger charge is 2.26. The molecule has 0 saturated heterocycles. The largest absolute Gasteiger partial charge is 0.368 e. The number of carbonyl (C=O) groups is 1. The molecule has 1 aliphatic rings. The molecule has 1 unspecified atom stereocenters. The highest BCUT2D eigenvalue weighted by atomic mass is 79.9. The fourth-order valence-electron chi connectivity index (χ4n) is 1.56. The molecule has 6 heteroatoms. The Bertz CT molecular complexity index is 375. The van der Waals surface area contributed by atoms with Crippen LogP contribution in [0.1, 0.15) is 19.3 Å². The van der Waals surface area contributed by atoms with Gasteiger partial charge in [-0.15, -0.1) is 0 Å². The molecule has 1 aromatic rings. The van der Waals surface area contributed by atoms with Gasteiger partial charge < -0.3 is 11.1 Å². The Morgan fingerprint density at radius 3 is 3.00 bits per heavy atom. The molecule has 2 rings (SSSR count). The number of nitrogens with one attached hydrogen (secondary N) is 1. The molecule has 1 saturated carbocycles. The number of amides is 1. The average molecular weight is 287 g/mol. The minimum Gasteiger partial charge on any atom is -0.368 e. The number of rotatable bonds is 6. The van der Waals surface area contributed by atoms with Gasteiger partial charge in [-0.2, -0.15) is 5.10 Å². The Morgan fingerprint density at radius 2 is 2.50 bits per heavy atom. The van der Waals surface area contributed by atoms with Gasteiger partial charge in [-0.05, 0) is 35.2 Å². The van der Waals surface area contributed by atoms with Gasteiger partial charge in [-0.1, -0.05) is 0 Å². The molecule has 1 heterocycles. The van der Waals surface area contributed by atoms with Gasteiger partial charge in [0.2, 0.25) is 5.91 Å². The number of halogens is 1. The Hall–Kier alpha value is -0.880. The summed E-state index contributed by atoms with van der Waals surface area (Å²) in [6.07, 6.45) is 6.59. The first-order chi connectivity index (χ1) is 7.65. The lowest BCUT2D eigenvalue weighted by Gasteiger charge is -2.14. The zero-order valence-electron chi connectivity index (χ0n) is 8.90. The van der Waals surface area contributed by atoms with Gasteiger partial charge in [0.05, 0.1) is 16.7 Å². The summed E-state index contributed by atoms with van der Waals surface area (Å²) in [4.78, 5) is 11.2. The van der Waals surface area contributed by atoms with E-state index >= 15 is 0 Å². The number of nitrogens with zero attached hydrogens (tertiary/aromatic N) is 2. The predicted molar refractivity (Wildman–Crippen MR) is 63.7 cm³/mol. The molecule has 0 aliphatic heterocycles. The molecule has 88 valence electrons. The summed E-state index contributed by atoms with van der Waals surface area (Å²) in [6.45, 7) is 0.693. The number of nitrogens with two attached hydrogens (primary N) is 1. The SMILES string of the molecule is NC(=O)C(CCn1cc(Br)cn1)NC1CC1. The second-order valence-electron chi connectivity index (χ2n) is 4.11. The van der Waals surface area contributed by atoms with Crippen LogP contribution in [0, 0.1) is 0 Å². The number of aryl methyl sites for hydroxylation is 1. The fraction of sp³-hybridized carbons (Fsp3) is 0.600. The lowest BCUT2D eigenvalue weighted by molar-refractivity contribution is -0.120. The molecule has 16 heavy (non-hydrogen) atoms. The lowest BCUT2D eigenvalue weighted by Crippen LogP contribution is -2.43. The van der Waals surface area contributed by atoms with E-state index in [0.717, 1.165) is 17.3 Å². The van der Waals surface area contributed by atoms with Crippen LogP contribution in [0.5, 0.6) is 0 Å². The first kappa shape index (κ1) is 11.6. The van der Waals surface area contributed by atoms with Crippen LogP contribution in [0.4, 0.5) is 0 Å². The minimum atomic E-state index is -0.280. The van der Waals surface area contributed by atoms with E-state index in [1.165, 1.54) is 0 Å². The molecule has 0 aromatic carbocycles. The van der Waals surface area contributed by atoms with E-state index in [1.807, 2.05) is 6.20 Å².